The number of nitrogens with one attached hydrogen (secondary N) is 1. The molecule has 0 fully saturated rings. The van der Waals surface area contributed by atoms with Gasteiger partial charge in [-0.25, -0.2) is 0 Å². The Kier molecular flexibility index (Phi) is 6.56. The van der Waals surface area contributed by atoms with Gasteiger partial charge in [0.25, 0.3) is 0 Å². The zero-order valence-electron chi connectivity index (χ0n) is 13.2. The van der Waals surface area contributed by atoms with Crippen molar-refractivity contribution in [3.05, 3.63) is 29.8 Å². The zero-order valence-corrected chi connectivity index (χ0v) is 13.2. The molecule has 0 heterocycles. The van der Waals surface area contributed by atoms with Crippen molar-refractivity contribution < 1.29 is 9.53 Å². The standard InChI is InChI=1S/C17H27NO2/c1-5-6-7-16(19)18-12-13-20-15-10-8-14(9-11-15)17(2,3)4/h8-11H,5-7,12-13H2,1-4H3,(H,18,19). The van der Waals surface area contributed by atoms with Crippen LogP contribution in [0.4, 0.5) is 0 Å². The lowest BCUT2D eigenvalue weighted by atomic mass is 9.87. The van der Waals surface area contributed by atoms with Crippen molar-refractivity contribution in [2.24, 2.45) is 0 Å². The predicted octanol–water partition coefficient (Wildman–Crippen LogP) is 3.67. The minimum absolute atomic E-state index is 0.110. The second kappa shape index (κ2) is 7.93. The molecule has 3 heteroatoms. The highest BCUT2D eigenvalue weighted by atomic mass is 16.5. The number of carbonyl (C=O) groups is 1. The van der Waals surface area contributed by atoms with Crippen LogP contribution in [0, 0.1) is 0 Å². The number of amides is 1. The number of unbranched alkanes of at least 4 members (excludes halogenated alkanes) is 1. The van der Waals surface area contributed by atoms with Gasteiger partial charge in [-0.1, -0.05) is 46.2 Å². The third-order valence-electron chi connectivity index (χ3n) is 3.17. The molecule has 0 saturated heterocycles. The summed E-state index contributed by atoms with van der Waals surface area (Å²) in [5.41, 5.74) is 1.45. The van der Waals surface area contributed by atoms with Crippen LogP contribution in [-0.2, 0) is 10.2 Å². The maximum absolute atomic E-state index is 11.4. The van der Waals surface area contributed by atoms with Crippen LogP contribution in [0.15, 0.2) is 24.3 Å². The van der Waals surface area contributed by atoms with Crippen LogP contribution in [0.3, 0.4) is 0 Å². The van der Waals surface area contributed by atoms with Gasteiger partial charge in [0.2, 0.25) is 5.91 Å². The highest BCUT2D eigenvalue weighted by Gasteiger charge is 2.12. The Bertz CT molecular complexity index is 404. The Labute approximate surface area is 122 Å². The molecule has 0 bridgehead atoms. The van der Waals surface area contributed by atoms with Gasteiger partial charge in [0.1, 0.15) is 12.4 Å². The number of rotatable bonds is 7. The SMILES string of the molecule is CCCCC(=O)NCCOc1ccc(C(C)(C)C)cc1. The molecule has 20 heavy (non-hydrogen) atoms. The van der Waals surface area contributed by atoms with Crippen molar-refractivity contribution in [3.8, 4) is 5.75 Å². The van der Waals surface area contributed by atoms with E-state index in [9.17, 15) is 4.79 Å². The van der Waals surface area contributed by atoms with E-state index in [1.165, 1.54) is 5.56 Å². The van der Waals surface area contributed by atoms with Crippen LogP contribution in [0.25, 0.3) is 0 Å². The van der Waals surface area contributed by atoms with Gasteiger partial charge in [-0.3, -0.25) is 4.79 Å². The minimum atomic E-state index is 0.110. The predicted molar refractivity (Wildman–Crippen MR) is 83.2 cm³/mol. The maximum atomic E-state index is 11.4. The van der Waals surface area contributed by atoms with Crippen LogP contribution >= 0.6 is 0 Å². The fraction of sp³-hybridized carbons (Fsp3) is 0.588. The number of carbonyl (C=O) groups excluding carboxylic acids is 1. The molecule has 112 valence electrons. The molecule has 0 atom stereocenters. The maximum Gasteiger partial charge on any atom is 0.220 e. The van der Waals surface area contributed by atoms with Gasteiger partial charge >= 0.3 is 0 Å². The first-order chi connectivity index (χ1) is 9.43. The molecular weight excluding hydrogens is 250 g/mol. The molecule has 1 aromatic rings. The smallest absolute Gasteiger partial charge is 0.220 e. The summed E-state index contributed by atoms with van der Waals surface area (Å²) in [6.45, 7) is 9.71. The summed E-state index contributed by atoms with van der Waals surface area (Å²) in [7, 11) is 0. The van der Waals surface area contributed by atoms with Crippen molar-refractivity contribution in [1.82, 2.24) is 5.32 Å². The van der Waals surface area contributed by atoms with E-state index in [1.807, 2.05) is 12.1 Å². The number of hydrogen-bond acceptors (Lipinski definition) is 2. The molecule has 1 N–H and O–H groups in total. The van der Waals surface area contributed by atoms with Crippen molar-refractivity contribution in [2.75, 3.05) is 13.2 Å². The van der Waals surface area contributed by atoms with Gasteiger partial charge in [0.15, 0.2) is 0 Å². The van der Waals surface area contributed by atoms with E-state index >= 15 is 0 Å². The Balaban J connectivity index is 2.27. The van der Waals surface area contributed by atoms with Crippen molar-refractivity contribution in [2.45, 2.75) is 52.4 Å². The fourth-order valence-electron chi connectivity index (χ4n) is 1.84. The average molecular weight is 277 g/mol. The van der Waals surface area contributed by atoms with Crippen LogP contribution in [0.2, 0.25) is 0 Å². The van der Waals surface area contributed by atoms with E-state index in [1.54, 1.807) is 0 Å². The summed E-state index contributed by atoms with van der Waals surface area (Å²) in [6, 6.07) is 8.16. The third kappa shape index (κ3) is 6.09. The van der Waals surface area contributed by atoms with Gasteiger partial charge < -0.3 is 10.1 Å². The molecule has 1 aromatic carbocycles. The molecule has 0 unspecified atom stereocenters. The monoisotopic (exact) mass is 277 g/mol. The second-order valence-electron chi connectivity index (χ2n) is 6.08. The molecule has 0 aliphatic heterocycles. The van der Waals surface area contributed by atoms with Crippen LogP contribution < -0.4 is 10.1 Å². The third-order valence-corrected chi connectivity index (χ3v) is 3.17. The van der Waals surface area contributed by atoms with Gasteiger partial charge in [-0.15, -0.1) is 0 Å². The van der Waals surface area contributed by atoms with Gasteiger partial charge in [0, 0.05) is 6.42 Å². The van der Waals surface area contributed by atoms with Crippen molar-refractivity contribution >= 4 is 5.91 Å². The molecule has 1 amide bonds. The van der Waals surface area contributed by atoms with E-state index < -0.39 is 0 Å². The van der Waals surface area contributed by atoms with Crippen molar-refractivity contribution in [3.63, 3.8) is 0 Å². The Morgan fingerprint density at radius 3 is 2.40 bits per heavy atom. The lowest BCUT2D eigenvalue weighted by Crippen LogP contribution is -2.27. The lowest BCUT2D eigenvalue weighted by molar-refractivity contribution is -0.121. The summed E-state index contributed by atoms with van der Waals surface area (Å²) < 4.78 is 5.61. The first-order valence-corrected chi connectivity index (χ1v) is 7.43. The summed E-state index contributed by atoms with van der Waals surface area (Å²) in [5.74, 6) is 0.958. The molecule has 0 aliphatic rings. The topological polar surface area (TPSA) is 38.3 Å². The second-order valence-corrected chi connectivity index (χ2v) is 6.08. The van der Waals surface area contributed by atoms with E-state index in [-0.39, 0.29) is 11.3 Å². The summed E-state index contributed by atoms with van der Waals surface area (Å²) in [6.07, 6.45) is 2.60. The number of benzene rings is 1. The number of ether oxygens (including phenoxy) is 1. The first-order valence-electron chi connectivity index (χ1n) is 7.43. The lowest BCUT2D eigenvalue weighted by Gasteiger charge is -2.19. The molecule has 3 nitrogen and oxygen atoms in total. The van der Waals surface area contributed by atoms with Crippen LogP contribution in [-0.4, -0.2) is 19.1 Å². The minimum Gasteiger partial charge on any atom is -0.492 e. The largest absolute Gasteiger partial charge is 0.492 e. The van der Waals surface area contributed by atoms with Crippen LogP contribution in [0.1, 0.15) is 52.5 Å². The van der Waals surface area contributed by atoms with Crippen molar-refractivity contribution in [1.29, 1.82) is 0 Å². The van der Waals surface area contributed by atoms with Gasteiger partial charge in [-0.05, 0) is 29.5 Å². The molecule has 1 rings (SSSR count). The average Bonchev–Trinajstić information content (AvgIpc) is 2.41. The summed E-state index contributed by atoms with van der Waals surface area (Å²) in [5, 5.41) is 2.86. The summed E-state index contributed by atoms with van der Waals surface area (Å²) >= 11 is 0. The van der Waals surface area contributed by atoms with E-state index in [2.05, 4.69) is 45.1 Å². The molecule has 0 radical (unpaired) electrons. The number of hydrogen-bond donors (Lipinski definition) is 1. The highest BCUT2D eigenvalue weighted by Crippen LogP contribution is 2.24. The van der Waals surface area contributed by atoms with E-state index in [0.29, 0.717) is 19.6 Å². The van der Waals surface area contributed by atoms with E-state index in [0.717, 1.165) is 18.6 Å². The Hall–Kier alpha value is -1.51. The summed E-state index contributed by atoms with van der Waals surface area (Å²) in [4.78, 5) is 11.4. The van der Waals surface area contributed by atoms with Gasteiger partial charge in [-0.2, -0.15) is 0 Å². The molecule has 0 saturated carbocycles. The molecular formula is C17H27NO2. The Morgan fingerprint density at radius 1 is 1.20 bits per heavy atom. The zero-order chi connectivity index (χ0) is 15.0. The first kappa shape index (κ1) is 16.5. The Morgan fingerprint density at radius 2 is 1.85 bits per heavy atom. The quantitative estimate of drug-likeness (QED) is 0.772. The fourth-order valence-corrected chi connectivity index (χ4v) is 1.84. The molecule has 0 spiro atoms. The normalized spacial score (nSPS) is 11.2. The molecule has 0 aliphatic carbocycles. The van der Waals surface area contributed by atoms with Crippen LogP contribution in [0.5, 0.6) is 5.75 Å². The van der Waals surface area contributed by atoms with Gasteiger partial charge in [0.05, 0.1) is 6.54 Å². The molecule has 0 aromatic heterocycles. The highest BCUT2D eigenvalue weighted by molar-refractivity contribution is 5.75. The van der Waals surface area contributed by atoms with E-state index in [4.69, 9.17) is 4.74 Å².